The van der Waals surface area contributed by atoms with Crippen LogP contribution in [0.2, 0.25) is 0 Å². The molecule has 0 N–H and O–H groups in total. The Morgan fingerprint density at radius 2 is 1.95 bits per heavy atom. The van der Waals surface area contributed by atoms with Crippen LogP contribution in [0.25, 0.3) is 0 Å². The van der Waals surface area contributed by atoms with E-state index in [1.165, 1.54) is 6.92 Å². The zero-order valence-electron chi connectivity index (χ0n) is 12.9. The van der Waals surface area contributed by atoms with Gasteiger partial charge in [-0.3, -0.25) is 9.59 Å². The van der Waals surface area contributed by atoms with E-state index in [0.29, 0.717) is 13.0 Å². The molecule has 116 valence electrons. The quantitative estimate of drug-likeness (QED) is 0.752. The van der Waals surface area contributed by atoms with Crippen molar-refractivity contribution in [2.45, 2.75) is 33.1 Å². The number of halogens is 1. The Morgan fingerprint density at radius 3 is 2.52 bits per heavy atom. The van der Waals surface area contributed by atoms with Crippen molar-refractivity contribution in [3.05, 3.63) is 28.7 Å². The van der Waals surface area contributed by atoms with Crippen LogP contribution >= 0.6 is 15.9 Å². The largest absolute Gasteiger partial charge is 0.346 e. The average molecular weight is 355 g/mol. The molecule has 0 fully saturated rings. The predicted octanol–water partition coefficient (Wildman–Crippen LogP) is 3.45. The fourth-order valence-corrected chi connectivity index (χ4v) is 2.42. The van der Waals surface area contributed by atoms with Crippen molar-refractivity contribution in [3.63, 3.8) is 0 Å². The van der Waals surface area contributed by atoms with Crippen LogP contribution in [0.4, 0.5) is 5.69 Å². The maximum absolute atomic E-state index is 12.1. The van der Waals surface area contributed by atoms with Gasteiger partial charge < -0.3 is 9.80 Å². The fraction of sp³-hybridized carbons (Fsp3) is 0.500. The molecule has 2 amide bonds. The fourth-order valence-electron chi connectivity index (χ4n) is 2.03. The normalized spacial score (nSPS) is 10.3. The van der Waals surface area contributed by atoms with Crippen molar-refractivity contribution in [2.24, 2.45) is 0 Å². The van der Waals surface area contributed by atoms with Crippen molar-refractivity contribution in [2.75, 3.05) is 25.0 Å². The minimum absolute atomic E-state index is 0.0582. The Morgan fingerprint density at radius 1 is 1.24 bits per heavy atom. The molecule has 5 heteroatoms. The van der Waals surface area contributed by atoms with Crippen LogP contribution in [-0.2, 0) is 9.59 Å². The van der Waals surface area contributed by atoms with Gasteiger partial charge in [-0.25, -0.2) is 0 Å². The smallest absolute Gasteiger partial charge is 0.224 e. The van der Waals surface area contributed by atoms with Crippen LogP contribution in [-0.4, -0.2) is 36.9 Å². The molecule has 0 aliphatic rings. The molecule has 0 radical (unpaired) electrons. The lowest BCUT2D eigenvalue weighted by molar-refractivity contribution is -0.129. The highest BCUT2D eigenvalue weighted by molar-refractivity contribution is 9.10. The van der Waals surface area contributed by atoms with Gasteiger partial charge in [-0.15, -0.1) is 0 Å². The third kappa shape index (κ3) is 5.87. The van der Waals surface area contributed by atoms with Gasteiger partial charge >= 0.3 is 0 Å². The third-order valence-electron chi connectivity index (χ3n) is 3.32. The van der Waals surface area contributed by atoms with Crippen molar-refractivity contribution >= 4 is 33.4 Å². The van der Waals surface area contributed by atoms with Gasteiger partial charge in [0.15, 0.2) is 0 Å². The standard InChI is InChI=1S/C16H23BrN2O2/c1-4-5-10-18(3)16(21)9-11-19(13(2)20)15-8-6-7-14(17)12-15/h6-8,12H,4-5,9-11H2,1-3H3. The highest BCUT2D eigenvalue weighted by Crippen LogP contribution is 2.20. The summed E-state index contributed by atoms with van der Waals surface area (Å²) in [7, 11) is 1.81. The molecule has 1 rings (SSSR count). The van der Waals surface area contributed by atoms with Crippen LogP contribution in [0.5, 0.6) is 0 Å². The summed E-state index contributed by atoms with van der Waals surface area (Å²) in [5.74, 6) is 0.0156. The van der Waals surface area contributed by atoms with Crippen molar-refractivity contribution in [1.29, 1.82) is 0 Å². The number of rotatable bonds is 7. The van der Waals surface area contributed by atoms with Gasteiger partial charge in [0, 0.05) is 43.6 Å². The van der Waals surface area contributed by atoms with Gasteiger partial charge in [0.05, 0.1) is 0 Å². The minimum Gasteiger partial charge on any atom is -0.346 e. The lowest BCUT2D eigenvalue weighted by Gasteiger charge is -2.23. The summed E-state index contributed by atoms with van der Waals surface area (Å²) in [6, 6.07) is 7.54. The molecule has 0 aromatic heterocycles. The van der Waals surface area contributed by atoms with Crippen LogP contribution in [0.3, 0.4) is 0 Å². The number of anilines is 1. The molecule has 0 aliphatic heterocycles. The summed E-state index contributed by atoms with van der Waals surface area (Å²) in [5.41, 5.74) is 0.806. The first-order valence-corrected chi connectivity index (χ1v) is 8.02. The Hall–Kier alpha value is -1.36. The Labute approximate surface area is 135 Å². The molecule has 0 heterocycles. The Balaban J connectivity index is 2.64. The van der Waals surface area contributed by atoms with Gasteiger partial charge in [-0.2, -0.15) is 0 Å². The molecule has 0 unspecified atom stereocenters. The lowest BCUT2D eigenvalue weighted by atomic mass is 10.2. The number of nitrogens with zero attached hydrogens (tertiary/aromatic N) is 2. The van der Waals surface area contributed by atoms with E-state index in [1.807, 2.05) is 31.3 Å². The van der Waals surface area contributed by atoms with E-state index in [4.69, 9.17) is 0 Å². The first-order chi connectivity index (χ1) is 9.95. The number of hydrogen-bond donors (Lipinski definition) is 0. The zero-order chi connectivity index (χ0) is 15.8. The first kappa shape index (κ1) is 17.7. The highest BCUT2D eigenvalue weighted by Gasteiger charge is 2.15. The maximum Gasteiger partial charge on any atom is 0.224 e. The van der Waals surface area contributed by atoms with Gasteiger partial charge in [0.25, 0.3) is 0 Å². The zero-order valence-corrected chi connectivity index (χ0v) is 14.5. The first-order valence-electron chi connectivity index (χ1n) is 7.23. The molecule has 0 aliphatic carbocycles. The molecule has 1 aromatic carbocycles. The number of benzene rings is 1. The lowest BCUT2D eigenvalue weighted by Crippen LogP contribution is -2.35. The molecule has 0 saturated heterocycles. The molecule has 0 spiro atoms. The SMILES string of the molecule is CCCCN(C)C(=O)CCN(C(C)=O)c1cccc(Br)c1. The van der Waals surface area contributed by atoms with Crippen LogP contribution in [0.1, 0.15) is 33.1 Å². The summed E-state index contributed by atoms with van der Waals surface area (Å²) in [4.78, 5) is 27.2. The monoisotopic (exact) mass is 354 g/mol. The second kappa shape index (κ2) is 8.82. The molecule has 1 aromatic rings. The van der Waals surface area contributed by atoms with Gasteiger partial charge in [-0.05, 0) is 24.6 Å². The van der Waals surface area contributed by atoms with E-state index < -0.39 is 0 Å². The van der Waals surface area contributed by atoms with E-state index in [1.54, 1.807) is 9.80 Å². The second-order valence-corrected chi connectivity index (χ2v) is 5.99. The van der Waals surface area contributed by atoms with Gasteiger partial charge in [-0.1, -0.05) is 35.3 Å². The maximum atomic E-state index is 12.1. The van der Waals surface area contributed by atoms with Crippen LogP contribution < -0.4 is 4.90 Å². The predicted molar refractivity (Wildman–Crippen MR) is 89.3 cm³/mol. The summed E-state index contributed by atoms with van der Waals surface area (Å²) in [6.07, 6.45) is 2.41. The van der Waals surface area contributed by atoms with E-state index in [2.05, 4.69) is 22.9 Å². The topological polar surface area (TPSA) is 40.6 Å². The average Bonchev–Trinajstić information content (AvgIpc) is 2.44. The van der Waals surface area contributed by atoms with Gasteiger partial charge in [0.1, 0.15) is 0 Å². The summed E-state index contributed by atoms with van der Waals surface area (Å²) in [6.45, 7) is 4.79. The third-order valence-corrected chi connectivity index (χ3v) is 3.82. The molecular weight excluding hydrogens is 332 g/mol. The molecule has 0 bridgehead atoms. The van der Waals surface area contributed by atoms with Crippen molar-refractivity contribution in [3.8, 4) is 0 Å². The van der Waals surface area contributed by atoms with E-state index in [-0.39, 0.29) is 11.8 Å². The summed E-state index contributed by atoms with van der Waals surface area (Å²) in [5, 5.41) is 0. The number of carbonyl (C=O) groups is 2. The number of amides is 2. The minimum atomic E-state index is -0.0582. The number of unbranched alkanes of at least 4 members (excludes halogenated alkanes) is 1. The molecule has 0 saturated carbocycles. The van der Waals surface area contributed by atoms with Crippen molar-refractivity contribution in [1.82, 2.24) is 4.90 Å². The van der Waals surface area contributed by atoms with Gasteiger partial charge in [0.2, 0.25) is 11.8 Å². The number of hydrogen-bond acceptors (Lipinski definition) is 2. The molecule has 4 nitrogen and oxygen atoms in total. The van der Waals surface area contributed by atoms with E-state index >= 15 is 0 Å². The van der Waals surface area contributed by atoms with E-state index in [0.717, 1.165) is 29.5 Å². The Kier molecular flexibility index (Phi) is 7.43. The number of carbonyl (C=O) groups excluding carboxylic acids is 2. The van der Waals surface area contributed by atoms with E-state index in [9.17, 15) is 9.59 Å². The summed E-state index contributed by atoms with van der Waals surface area (Å²) >= 11 is 3.40. The molecular formula is C16H23BrN2O2. The van der Waals surface area contributed by atoms with Crippen molar-refractivity contribution < 1.29 is 9.59 Å². The molecule has 0 atom stereocenters. The molecule has 21 heavy (non-hydrogen) atoms. The second-order valence-electron chi connectivity index (χ2n) is 5.07. The Bertz CT molecular complexity index is 491. The van der Waals surface area contributed by atoms with Crippen LogP contribution in [0.15, 0.2) is 28.7 Å². The summed E-state index contributed by atoms with van der Waals surface area (Å²) < 4.78 is 0.914. The highest BCUT2D eigenvalue weighted by atomic mass is 79.9. The van der Waals surface area contributed by atoms with Crippen LogP contribution in [0, 0.1) is 0 Å².